The molecule has 0 aliphatic heterocycles. The summed E-state index contributed by atoms with van der Waals surface area (Å²) in [4.78, 5) is 24.5. The molecule has 0 aromatic rings. The zero-order valence-corrected chi connectivity index (χ0v) is 12.0. The third-order valence-electron chi connectivity index (χ3n) is 2.74. The minimum absolute atomic E-state index is 0.161. The van der Waals surface area contributed by atoms with Gasteiger partial charge in [0.25, 0.3) is 0 Å². The lowest BCUT2D eigenvalue weighted by Gasteiger charge is -2.29. The molecular formula is C12H24N2O5. The van der Waals surface area contributed by atoms with Crippen molar-refractivity contribution in [2.45, 2.75) is 32.4 Å². The van der Waals surface area contributed by atoms with Crippen molar-refractivity contribution in [1.82, 2.24) is 10.2 Å². The Hall–Kier alpha value is -1.34. The van der Waals surface area contributed by atoms with Gasteiger partial charge in [-0.05, 0) is 13.3 Å². The van der Waals surface area contributed by atoms with Crippen LogP contribution in [-0.4, -0.2) is 68.1 Å². The van der Waals surface area contributed by atoms with Crippen LogP contribution in [0.15, 0.2) is 0 Å². The third kappa shape index (κ3) is 6.40. The minimum Gasteiger partial charge on any atom is -0.480 e. The van der Waals surface area contributed by atoms with Crippen LogP contribution in [0.2, 0.25) is 0 Å². The van der Waals surface area contributed by atoms with Gasteiger partial charge in [-0.25, -0.2) is 9.59 Å². The Bertz CT molecular complexity index is 285. The van der Waals surface area contributed by atoms with E-state index in [1.807, 2.05) is 6.92 Å². The third-order valence-corrected chi connectivity index (χ3v) is 2.74. The number of methoxy groups -OCH3 is 2. The first-order chi connectivity index (χ1) is 8.97. The summed E-state index contributed by atoms with van der Waals surface area (Å²) in [5.41, 5.74) is 0. The van der Waals surface area contributed by atoms with Crippen molar-refractivity contribution in [3.63, 3.8) is 0 Å². The van der Waals surface area contributed by atoms with Crippen LogP contribution in [-0.2, 0) is 14.3 Å². The number of rotatable bonds is 9. The number of nitrogens with one attached hydrogen (secondary N) is 1. The van der Waals surface area contributed by atoms with Crippen molar-refractivity contribution in [3.05, 3.63) is 0 Å². The molecular weight excluding hydrogens is 252 g/mol. The molecule has 1 unspecified atom stereocenters. The summed E-state index contributed by atoms with van der Waals surface area (Å²) in [5, 5.41) is 11.4. The molecule has 2 amide bonds. The molecule has 0 saturated carbocycles. The molecule has 0 aliphatic rings. The van der Waals surface area contributed by atoms with E-state index in [1.54, 1.807) is 21.1 Å². The monoisotopic (exact) mass is 276 g/mol. The van der Waals surface area contributed by atoms with E-state index in [-0.39, 0.29) is 6.04 Å². The first kappa shape index (κ1) is 17.7. The van der Waals surface area contributed by atoms with Crippen LogP contribution in [0.5, 0.6) is 0 Å². The number of amides is 2. The topological polar surface area (TPSA) is 88.1 Å². The summed E-state index contributed by atoms with van der Waals surface area (Å²) in [7, 11) is 3.10. The first-order valence-electron chi connectivity index (χ1n) is 6.25. The molecule has 0 fully saturated rings. The molecule has 7 heteroatoms. The second-order valence-electron chi connectivity index (χ2n) is 4.24. The van der Waals surface area contributed by atoms with Gasteiger partial charge < -0.3 is 24.8 Å². The van der Waals surface area contributed by atoms with Crippen molar-refractivity contribution in [1.29, 1.82) is 0 Å². The molecule has 112 valence electrons. The van der Waals surface area contributed by atoms with Gasteiger partial charge in [0.15, 0.2) is 0 Å². The lowest BCUT2D eigenvalue weighted by Crippen LogP contribution is -2.52. The van der Waals surface area contributed by atoms with Crippen LogP contribution >= 0.6 is 0 Å². The molecule has 0 aromatic heterocycles. The number of hydrogen-bond donors (Lipinski definition) is 2. The fourth-order valence-electron chi connectivity index (χ4n) is 1.61. The molecule has 0 rings (SSSR count). The SMILES string of the molecule is CC[C@@H](NC(=O)N(CCOC)C(C)COC)C(=O)O. The fraction of sp³-hybridized carbons (Fsp3) is 0.833. The highest BCUT2D eigenvalue weighted by atomic mass is 16.5. The maximum Gasteiger partial charge on any atom is 0.326 e. The van der Waals surface area contributed by atoms with Gasteiger partial charge in [0.05, 0.1) is 19.3 Å². The zero-order valence-electron chi connectivity index (χ0n) is 12.0. The summed E-state index contributed by atoms with van der Waals surface area (Å²) < 4.78 is 9.97. The Kier molecular flexibility index (Phi) is 8.90. The van der Waals surface area contributed by atoms with Crippen molar-refractivity contribution in [3.8, 4) is 0 Å². The summed E-state index contributed by atoms with van der Waals surface area (Å²) in [6, 6.07) is -1.46. The van der Waals surface area contributed by atoms with E-state index < -0.39 is 18.0 Å². The van der Waals surface area contributed by atoms with E-state index in [0.717, 1.165) is 0 Å². The Balaban J connectivity index is 4.64. The number of urea groups is 1. The lowest BCUT2D eigenvalue weighted by atomic mass is 10.2. The van der Waals surface area contributed by atoms with E-state index in [9.17, 15) is 9.59 Å². The fourth-order valence-corrected chi connectivity index (χ4v) is 1.61. The number of nitrogens with zero attached hydrogens (tertiary/aromatic N) is 1. The second kappa shape index (κ2) is 9.57. The molecule has 0 saturated heterocycles. The Morgan fingerprint density at radius 3 is 2.37 bits per heavy atom. The zero-order chi connectivity index (χ0) is 14.8. The second-order valence-corrected chi connectivity index (χ2v) is 4.24. The largest absolute Gasteiger partial charge is 0.480 e. The van der Waals surface area contributed by atoms with Crippen LogP contribution in [0, 0.1) is 0 Å². The summed E-state index contributed by atoms with van der Waals surface area (Å²) >= 11 is 0. The van der Waals surface area contributed by atoms with E-state index in [2.05, 4.69) is 5.32 Å². The van der Waals surface area contributed by atoms with E-state index >= 15 is 0 Å². The Labute approximate surface area is 113 Å². The number of hydrogen-bond acceptors (Lipinski definition) is 4. The number of carbonyl (C=O) groups excluding carboxylic acids is 1. The normalized spacial score (nSPS) is 13.7. The van der Waals surface area contributed by atoms with E-state index in [1.165, 1.54) is 4.90 Å². The van der Waals surface area contributed by atoms with Gasteiger partial charge in [-0.3, -0.25) is 0 Å². The highest BCUT2D eigenvalue weighted by Gasteiger charge is 2.24. The van der Waals surface area contributed by atoms with Crippen LogP contribution < -0.4 is 5.32 Å². The predicted octanol–water partition coefficient (Wildman–Crippen LogP) is 0.543. The smallest absolute Gasteiger partial charge is 0.326 e. The standard InChI is InChI=1S/C12H24N2O5/c1-5-10(11(15)16)13-12(17)14(6-7-18-3)9(2)8-19-4/h9-10H,5-8H2,1-4H3,(H,13,17)(H,15,16)/t9?,10-/m1/s1. The number of aliphatic carboxylic acids is 1. The summed E-state index contributed by atoms with van der Waals surface area (Å²) in [6.45, 7) is 4.67. The Morgan fingerprint density at radius 1 is 1.32 bits per heavy atom. The number of carboxylic acid groups (broad SMARTS) is 1. The molecule has 0 heterocycles. The lowest BCUT2D eigenvalue weighted by molar-refractivity contribution is -0.139. The average molecular weight is 276 g/mol. The van der Waals surface area contributed by atoms with E-state index in [0.29, 0.717) is 26.2 Å². The Morgan fingerprint density at radius 2 is 1.95 bits per heavy atom. The summed E-state index contributed by atoms with van der Waals surface area (Å²) in [5.74, 6) is -1.04. The van der Waals surface area contributed by atoms with Gasteiger partial charge in [-0.15, -0.1) is 0 Å². The quantitative estimate of drug-likeness (QED) is 0.642. The molecule has 2 N–H and O–H groups in total. The number of carbonyl (C=O) groups is 2. The molecule has 0 aliphatic carbocycles. The van der Waals surface area contributed by atoms with Crippen molar-refractivity contribution < 1.29 is 24.2 Å². The van der Waals surface area contributed by atoms with Gasteiger partial charge in [0.2, 0.25) is 0 Å². The van der Waals surface area contributed by atoms with Crippen molar-refractivity contribution >= 4 is 12.0 Å². The van der Waals surface area contributed by atoms with Gasteiger partial charge in [0.1, 0.15) is 6.04 Å². The predicted molar refractivity (Wildman–Crippen MR) is 70.2 cm³/mol. The highest BCUT2D eigenvalue weighted by Crippen LogP contribution is 2.02. The van der Waals surface area contributed by atoms with E-state index in [4.69, 9.17) is 14.6 Å². The average Bonchev–Trinajstić information content (AvgIpc) is 2.36. The van der Waals surface area contributed by atoms with Gasteiger partial charge in [-0.1, -0.05) is 6.92 Å². The highest BCUT2D eigenvalue weighted by molar-refractivity contribution is 5.82. The van der Waals surface area contributed by atoms with Gasteiger partial charge in [0, 0.05) is 20.8 Å². The summed E-state index contributed by atoms with van der Waals surface area (Å²) in [6.07, 6.45) is 0.331. The first-order valence-corrected chi connectivity index (χ1v) is 6.25. The van der Waals surface area contributed by atoms with Crippen LogP contribution in [0.1, 0.15) is 20.3 Å². The van der Waals surface area contributed by atoms with Gasteiger partial charge in [-0.2, -0.15) is 0 Å². The molecule has 7 nitrogen and oxygen atoms in total. The van der Waals surface area contributed by atoms with Crippen LogP contribution in [0.4, 0.5) is 4.79 Å². The van der Waals surface area contributed by atoms with Gasteiger partial charge >= 0.3 is 12.0 Å². The molecule has 0 radical (unpaired) electrons. The molecule has 0 spiro atoms. The van der Waals surface area contributed by atoms with Crippen LogP contribution in [0.3, 0.4) is 0 Å². The molecule has 0 aromatic carbocycles. The van der Waals surface area contributed by atoms with Crippen LogP contribution in [0.25, 0.3) is 0 Å². The van der Waals surface area contributed by atoms with Crippen molar-refractivity contribution in [2.75, 3.05) is 34.0 Å². The number of carboxylic acids is 1. The molecule has 19 heavy (non-hydrogen) atoms. The van der Waals surface area contributed by atoms with Crippen molar-refractivity contribution in [2.24, 2.45) is 0 Å². The minimum atomic E-state index is -1.04. The molecule has 0 bridgehead atoms. The molecule has 2 atom stereocenters. The maximum absolute atomic E-state index is 12.1. The maximum atomic E-state index is 12.1. The number of ether oxygens (including phenoxy) is 2.